The van der Waals surface area contributed by atoms with Crippen LogP contribution in [-0.2, 0) is 4.79 Å². The molecule has 0 saturated carbocycles. The Morgan fingerprint density at radius 1 is 1.50 bits per heavy atom. The smallest absolute Gasteiger partial charge is 0.216 e. The van der Waals surface area contributed by atoms with Crippen molar-refractivity contribution in [3.63, 3.8) is 0 Å². The van der Waals surface area contributed by atoms with Crippen molar-refractivity contribution in [1.82, 2.24) is 5.32 Å². The van der Waals surface area contributed by atoms with Crippen LogP contribution in [-0.4, -0.2) is 25.8 Å². The Morgan fingerprint density at radius 3 is 2.89 bits per heavy atom. The SMILES string of the molecule is COc1ccc(C#CCCNC(C)=O)c(C=O)c1. The summed E-state index contributed by atoms with van der Waals surface area (Å²) in [5.74, 6) is 6.36. The Labute approximate surface area is 106 Å². The van der Waals surface area contributed by atoms with Crippen molar-refractivity contribution >= 4 is 12.2 Å². The summed E-state index contributed by atoms with van der Waals surface area (Å²) < 4.78 is 5.03. The van der Waals surface area contributed by atoms with Crippen LogP contribution in [0, 0.1) is 11.8 Å². The monoisotopic (exact) mass is 245 g/mol. The number of aldehydes is 1. The van der Waals surface area contributed by atoms with E-state index in [0.717, 1.165) is 6.29 Å². The fourth-order valence-electron chi connectivity index (χ4n) is 1.34. The molecule has 1 amide bonds. The molecule has 0 atom stereocenters. The first-order valence-electron chi connectivity index (χ1n) is 5.54. The van der Waals surface area contributed by atoms with Crippen LogP contribution in [0.2, 0.25) is 0 Å². The van der Waals surface area contributed by atoms with Gasteiger partial charge in [0.25, 0.3) is 0 Å². The average Bonchev–Trinajstić information content (AvgIpc) is 2.38. The third kappa shape index (κ3) is 4.30. The van der Waals surface area contributed by atoms with E-state index >= 15 is 0 Å². The van der Waals surface area contributed by atoms with Crippen LogP contribution < -0.4 is 10.1 Å². The molecule has 0 aliphatic carbocycles. The van der Waals surface area contributed by atoms with Crippen LogP contribution in [0.25, 0.3) is 0 Å². The van der Waals surface area contributed by atoms with E-state index in [2.05, 4.69) is 17.2 Å². The molecule has 0 unspecified atom stereocenters. The fourth-order valence-corrected chi connectivity index (χ4v) is 1.34. The van der Waals surface area contributed by atoms with Crippen molar-refractivity contribution in [2.75, 3.05) is 13.7 Å². The second-order valence-corrected chi connectivity index (χ2v) is 3.61. The molecular formula is C14H15NO3. The lowest BCUT2D eigenvalue weighted by Crippen LogP contribution is -2.20. The molecule has 4 nitrogen and oxygen atoms in total. The van der Waals surface area contributed by atoms with Crippen LogP contribution in [0.15, 0.2) is 18.2 Å². The molecule has 1 rings (SSSR count). The minimum Gasteiger partial charge on any atom is -0.497 e. The summed E-state index contributed by atoms with van der Waals surface area (Å²) in [6.45, 7) is 1.97. The van der Waals surface area contributed by atoms with Gasteiger partial charge in [0.15, 0.2) is 6.29 Å². The normalized spacial score (nSPS) is 9.00. The Morgan fingerprint density at radius 2 is 2.28 bits per heavy atom. The number of rotatable bonds is 4. The molecule has 1 aromatic carbocycles. The zero-order valence-electron chi connectivity index (χ0n) is 10.4. The molecule has 1 aromatic rings. The van der Waals surface area contributed by atoms with E-state index in [1.165, 1.54) is 6.92 Å². The molecule has 0 heterocycles. The molecule has 18 heavy (non-hydrogen) atoms. The molecule has 4 heteroatoms. The molecule has 0 aliphatic rings. The van der Waals surface area contributed by atoms with Crippen LogP contribution in [0.3, 0.4) is 0 Å². The molecule has 0 aliphatic heterocycles. The number of amides is 1. The van der Waals surface area contributed by atoms with Crippen LogP contribution >= 0.6 is 0 Å². The lowest BCUT2D eigenvalue weighted by molar-refractivity contribution is -0.118. The van der Waals surface area contributed by atoms with Crippen molar-refractivity contribution in [2.24, 2.45) is 0 Å². The van der Waals surface area contributed by atoms with Gasteiger partial charge in [-0.15, -0.1) is 0 Å². The summed E-state index contributed by atoms with van der Waals surface area (Å²) in [5, 5.41) is 2.65. The molecule has 0 aromatic heterocycles. The summed E-state index contributed by atoms with van der Waals surface area (Å²) in [6, 6.07) is 5.14. The quantitative estimate of drug-likeness (QED) is 0.495. The van der Waals surface area contributed by atoms with Crippen molar-refractivity contribution < 1.29 is 14.3 Å². The van der Waals surface area contributed by atoms with Gasteiger partial charge in [0, 0.05) is 31.0 Å². The van der Waals surface area contributed by atoms with Gasteiger partial charge < -0.3 is 10.1 Å². The minimum absolute atomic E-state index is 0.0742. The first kappa shape index (κ1) is 13.8. The van der Waals surface area contributed by atoms with E-state index in [1.807, 2.05) is 0 Å². The van der Waals surface area contributed by atoms with Gasteiger partial charge in [0.1, 0.15) is 5.75 Å². The maximum absolute atomic E-state index is 10.9. The van der Waals surface area contributed by atoms with Gasteiger partial charge in [-0.2, -0.15) is 0 Å². The minimum atomic E-state index is -0.0742. The first-order valence-corrected chi connectivity index (χ1v) is 5.54. The predicted molar refractivity (Wildman–Crippen MR) is 68.6 cm³/mol. The highest BCUT2D eigenvalue weighted by Gasteiger charge is 2.00. The van der Waals surface area contributed by atoms with Crippen LogP contribution in [0.1, 0.15) is 29.3 Å². The van der Waals surface area contributed by atoms with E-state index in [1.54, 1.807) is 25.3 Å². The lowest BCUT2D eigenvalue weighted by atomic mass is 10.1. The molecule has 1 N–H and O–H groups in total. The van der Waals surface area contributed by atoms with Gasteiger partial charge in [-0.3, -0.25) is 9.59 Å². The molecular weight excluding hydrogens is 230 g/mol. The summed E-state index contributed by atoms with van der Waals surface area (Å²) in [4.78, 5) is 21.5. The summed E-state index contributed by atoms with van der Waals surface area (Å²) in [7, 11) is 1.54. The van der Waals surface area contributed by atoms with Gasteiger partial charge in [0.05, 0.1) is 7.11 Å². The van der Waals surface area contributed by atoms with E-state index < -0.39 is 0 Å². The maximum atomic E-state index is 10.9. The Kier molecular flexibility index (Phi) is 5.46. The Bertz CT molecular complexity index is 497. The number of hydrogen-bond acceptors (Lipinski definition) is 3. The van der Waals surface area contributed by atoms with Crippen molar-refractivity contribution in [2.45, 2.75) is 13.3 Å². The lowest BCUT2D eigenvalue weighted by Gasteiger charge is -2.01. The standard InChI is InChI=1S/C14H15NO3/c1-11(17)15-8-4-3-5-12-6-7-14(18-2)9-13(12)10-16/h6-7,9-10H,4,8H2,1-2H3,(H,15,17). The van der Waals surface area contributed by atoms with E-state index in [-0.39, 0.29) is 5.91 Å². The van der Waals surface area contributed by atoms with Crippen LogP contribution in [0.5, 0.6) is 5.75 Å². The summed E-state index contributed by atoms with van der Waals surface area (Å²) in [6.07, 6.45) is 1.30. The second-order valence-electron chi connectivity index (χ2n) is 3.61. The third-order valence-electron chi connectivity index (χ3n) is 2.23. The second kappa shape index (κ2) is 7.13. The zero-order valence-corrected chi connectivity index (χ0v) is 10.4. The number of carbonyl (C=O) groups excluding carboxylic acids is 2. The fraction of sp³-hybridized carbons (Fsp3) is 0.286. The van der Waals surface area contributed by atoms with Gasteiger partial charge in [-0.25, -0.2) is 0 Å². The highest BCUT2D eigenvalue weighted by molar-refractivity contribution is 5.80. The topological polar surface area (TPSA) is 55.4 Å². The predicted octanol–water partition coefficient (Wildman–Crippen LogP) is 1.39. The Balaban J connectivity index is 2.69. The molecule has 0 spiro atoms. The summed E-state index contributed by atoms with van der Waals surface area (Å²) >= 11 is 0. The largest absolute Gasteiger partial charge is 0.497 e. The summed E-state index contributed by atoms with van der Waals surface area (Å²) in [5.41, 5.74) is 1.16. The van der Waals surface area contributed by atoms with Gasteiger partial charge in [-0.05, 0) is 18.2 Å². The molecule has 0 bridgehead atoms. The zero-order chi connectivity index (χ0) is 13.4. The van der Waals surface area contributed by atoms with E-state index in [4.69, 9.17) is 4.74 Å². The highest BCUT2D eigenvalue weighted by atomic mass is 16.5. The number of methoxy groups -OCH3 is 1. The van der Waals surface area contributed by atoms with Crippen LogP contribution in [0.4, 0.5) is 0 Å². The Hall–Kier alpha value is -2.28. The van der Waals surface area contributed by atoms with E-state index in [9.17, 15) is 9.59 Å². The maximum Gasteiger partial charge on any atom is 0.216 e. The molecule has 0 saturated heterocycles. The van der Waals surface area contributed by atoms with Gasteiger partial charge >= 0.3 is 0 Å². The number of benzene rings is 1. The average molecular weight is 245 g/mol. The van der Waals surface area contributed by atoms with Crippen molar-refractivity contribution in [1.29, 1.82) is 0 Å². The molecule has 0 radical (unpaired) electrons. The van der Waals surface area contributed by atoms with Gasteiger partial charge in [-0.1, -0.05) is 11.8 Å². The molecule has 94 valence electrons. The van der Waals surface area contributed by atoms with Gasteiger partial charge in [0.2, 0.25) is 5.91 Å². The number of nitrogens with one attached hydrogen (secondary N) is 1. The number of hydrogen-bond donors (Lipinski definition) is 1. The van der Waals surface area contributed by atoms with Crippen molar-refractivity contribution in [3.8, 4) is 17.6 Å². The highest BCUT2D eigenvalue weighted by Crippen LogP contribution is 2.15. The first-order chi connectivity index (χ1) is 8.67. The van der Waals surface area contributed by atoms with Crippen molar-refractivity contribution in [3.05, 3.63) is 29.3 Å². The van der Waals surface area contributed by atoms with E-state index in [0.29, 0.717) is 29.8 Å². The number of ether oxygens (including phenoxy) is 1. The molecule has 0 fully saturated rings. The number of carbonyl (C=O) groups is 2. The third-order valence-corrected chi connectivity index (χ3v) is 2.23.